The van der Waals surface area contributed by atoms with Crippen LogP contribution in [0.5, 0.6) is 0 Å². The Morgan fingerprint density at radius 1 is 0.308 bits per heavy atom. The van der Waals surface area contributed by atoms with E-state index in [0.717, 1.165) is 0 Å². The van der Waals surface area contributed by atoms with E-state index in [-0.39, 0.29) is 0 Å². The molecule has 0 radical (unpaired) electrons. The first-order valence-corrected chi connectivity index (χ1v) is 18.6. The van der Waals surface area contributed by atoms with Crippen LogP contribution in [0.3, 0.4) is 0 Å². The molecule has 52 heavy (non-hydrogen) atoms. The highest BCUT2D eigenvalue weighted by atomic mass is 32.1. The Morgan fingerprint density at radius 3 is 1.31 bits per heavy atom. The Morgan fingerprint density at radius 2 is 0.731 bits per heavy atom. The van der Waals surface area contributed by atoms with Crippen LogP contribution in [0.1, 0.15) is 0 Å². The van der Waals surface area contributed by atoms with E-state index in [4.69, 9.17) is 0 Å². The smallest absolute Gasteiger partial charge is 0.0640 e. The number of para-hydroxylation sites is 5. The van der Waals surface area contributed by atoms with Gasteiger partial charge in [-0.2, -0.15) is 0 Å². The van der Waals surface area contributed by atoms with E-state index in [2.05, 4.69) is 190 Å². The fraction of sp³-hybridized carbons (Fsp3) is 0. The van der Waals surface area contributed by atoms with E-state index in [1.54, 1.807) is 0 Å². The number of thiophene rings is 1. The molecular weight excluding hydrogens is 651 g/mol. The van der Waals surface area contributed by atoms with E-state index in [1.807, 2.05) is 11.3 Å². The van der Waals surface area contributed by atoms with Crippen molar-refractivity contribution in [2.75, 3.05) is 0 Å². The maximum atomic E-state index is 2.49. The molecule has 0 aliphatic heterocycles. The van der Waals surface area contributed by atoms with Crippen LogP contribution in [-0.4, -0.2) is 13.7 Å². The zero-order chi connectivity index (χ0) is 33.9. The van der Waals surface area contributed by atoms with Gasteiger partial charge in [0.05, 0.1) is 49.2 Å². The number of aromatic nitrogens is 3. The van der Waals surface area contributed by atoms with Crippen LogP contribution in [-0.2, 0) is 0 Å². The van der Waals surface area contributed by atoms with Crippen LogP contribution in [0.15, 0.2) is 176 Å². The van der Waals surface area contributed by atoms with Crippen LogP contribution in [0, 0.1) is 0 Å². The molecule has 0 bridgehead atoms. The van der Waals surface area contributed by atoms with Crippen LogP contribution in [0.25, 0.3) is 103 Å². The minimum atomic E-state index is 1.17. The highest BCUT2D eigenvalue weighted by Crippen LogP contribution is 2.45. The number of hydrogen-bond acceptors (Lipinski definition) is 1. The summed E-state index contributed by atoms with van der Waals surface area (Å²) in [5.74, 6) is 0. The van der Waals surface area contributed by atoms with Gasteiger partial charge in [0.1, 0.15) is 0 Å². The number of nitrogens with zero attached hydrogens (tertiary/aromatic N) is 3. The fourth-order valence-electron chi connectivity index (χ4n) is 8.92. The fourth-order valence-corrected chi connectivity index (χ4v) is 10.1. The summed E-state index contributed by atoms with van der Waals surface area (Å²) in [7, 11) is 0. The molecule has 12 aromatic rings. The first-order valence-electron chi connectivity index (χ1n) is 17.8. The van der Waals surface area contributed by atoms with Gasteiger partial charge >= 0.3 is 0 Å². The Balaban J connectivity index is 1.13. The van der Waals surface area contributed by atoms with Crippen molar-refractivity contribution in [1.29, 1.82) is 0 Å². The summed E-state index contributed by atoms with van der Waals surface area (Å²) in [5, 5.41) is 10.2. The highest BCUT2D eigenvalue weighted by Gasteiger charge is 2.21. The summed E-state index contributed by atoms with van der Waals surface area (Å²) in [6, 6.07) is 64.6. The highest BCUT2D eigenvalue weighted by molar-refractivity contribution is 7.26. The maximum absolute atomic E-state index is 2.49. The summed E-state index contributed by atoms with van der Waals surface area (Å²) >= 11 is 1.89. The van der Waals surface area contributed by atoms with Gasteiger partial charge in [0, 0.05) is 53.5 Å². The van der Waals surface area contributed by atoms with Gasteiger partial charge in [0.15, 0.2) is 0 Å². The molecule has 8 aromatic carbocycles. The first-order chi connectivity index (χ1) is 25.8. The van der Waals surface area contributed by atoms with Gasteiger partial charge in [-0.1, -0.05) is 109 Å². The molecule has 0 unspecified atom stereocenters. The maximum Gasteiger partial charge on any atom is 0.0640 e. The van der Waals surface area contributed by atoms with Crippen LogP contribution in [0.4, 0.5) is 0 Å². The van der Waals surface area contributed by atoms with Gasteiger partial charge in [-0.15, -0.1) is 11.3 Å². The van der Waals surface area contributed by atoms with Crippen molar-refractivity contribution in [1.82, 2.24) is 13.7 Å². The first kappa shape index (κ1) is 28.1. The molecule has 0 aliphatic carbocycles. The molecule has 12 rings (SSSR count). The molecule has 4 heterocycles. The molecule has 0 atom stereocenters. The molecule has 0 spiro atoms. The van der Waals surface area contributed by atoms with Gasteiger partial charge in [0.25, 0.3) is 0 Å². The molecule has 3 nitrogen and oxygen atoms in total. The molecule has 4 heteroatoms. The monoisotopic (exact) mass is 679 g/mol. The van der Waals surface area contributed by atoms with Crippen LogP contribution < -0.4 is 0 Å². The third kappa shape index (κ3) is 3.69. The van der Waals surface area contributed by atoms with E-state index in [1.165, 1.54) is 103 Å². The van der Waals surface area contributed by atoms with Crippen molar-refractivity contribution < 1.29 is 0 Å². The van der Waals surface area contributed by atoms with Crippen LogP contribution in [0.2, 0.25) is 0 Å². The summed E-state index contributed by atoms with van der Waals surface area (Å²) in [6.07, 6.45) is 0. The summed E-state index contributed by atoms with van der Waals surface area (Å²) in [6.45, 7) is 0. The zero-order valence-electron chi connectivity index (χ0n) is 28.0. The second-order valence-electron chi connectivity index (χ2n) is 13.7. The standard InChI is InChI=1S/C48H29N3S/c1-6-19-38-31(13-1)32-14-2-7-20-39(32)49(38)30-27-28-43-37(29-30)35-17-5-10-23-42(35)50(43)44-24-12-26-46-47(44)36-18-11-25-45(48(36)52-46)51-40-21-8-3-15-33(40)34-16-4-9-22-41(34)51/h1-29H. The Kier molecular flexibility index (Phi) is 5.65. The normalized spacial score (nSPS) is 12.2. The summed E-state index contributed by atoms with van der Waals surface area (Å²) in [4.78, 5) is 0. The second kappa shape index (κ2) is 10.5. The van der Waals surface area contributed by atoms with Crippen molar-refractivity contribution in [3.63, 3.8) is 0 Å². The van der Waals surface area contributed by atoms with E-state index in [9.17, 15) is 0 Å². The molecule has 242 valence electrons. The van der Waals surface area contributed by atoms with Crippen molar-refractivity contribution in [2.24, 2.45) is 0 Å². The number of rotatable bonds is 3. The van der Waals surface area contributed by atoms with E-state index in [0.29, 0.717) is 0 Å². The molecule has 0 saturated carbocycles. The van der Waals surface area contributed by atoms with E-state index >= 15 is 0 Å². The van der Waals surface area contributed by atoms with Crippen molar-refractivity contribution in [3.05, 3.63) is 176 Å². The van der Waals surface area contributed by atoms with Crippen molar-refractivity contribution in [2.45, 2.75) is 0 Å². The average molecular weight is 680 g/mol. The Bertz CT molecular complexity index is 3320. The number of benzene rings is 8. The predicted octanol–water partition coefficient (Wildman–Crippen LogP) is 13.3. The topological polar surface area (TPSA) is 14.8 Å². The molecule has 4 aromatic heterocycles. The van der Waals surface area contributed by atoms with Crippen LogP contribution >= 0.6 is 11.3 Å². The largest absolute Gasteiger partial charge is 0.309 e. The SMILES string of the molecule is c1cc(-n2c3ccccc3c3cc(-n4c5ccccc5c5ccccc54)ccc32)c2c(c1)sc1c(-n3c4ccccc4c4ccccc43)cccc12. The van der Waals surface area contributed by atoms with Gasteiger partial charge in [-0.3, -0.25) is 0 Å². The molecule has 0 aliphatic rings. The molecule has 0 saturated heterocycles. The second-order valence-corrected chi connectivity index (χ2v) is 14.8. The Labute approximate surface area is 302 Å². The van der Waals surface area contributed by atoms with E-state index < -0.39 is 0 Å². The minimum Gasteiger partial charge on any atom is -0.309 e. The summed E-state index contributed by atoms with van der Waals surface area (Å²) < 4.78 is 9.94. The lowest BCUT2D eigenvalue weighted by Gasteiger charge is -2.12. The zero-order valence-corrected chi connectivity index (χ0v) is 28.8. The average Bonchev–Trinajstić information content (AvgIpc) is 3.94. The molecular formula is C48H29N3S. The molecule has 0 amide bonds. The molecule has 0 fully saturated rings. The van der Waals surface area contributed by atoms with Gasteiger partial charge < -0.3 is 13.7 Å². The number of hydrogen-bond donors (Lipinski definition) is 0. The lowest BCUT2D eigenvalue weighted by Crippen LogP contribution is -1.96. The lowest BCUT2D eigenvalue weighted by atomic mass is 10.1. The molecule has 0 N–H and O–H groups in total. The van der Waals surface area contributed by atoms with Crippen molar-refractivity contribution >= 4 is 96.9 Å². The lowest BCUT2D eigenvalue weighted by molar-refractivity contribution is 1.17. The summed E-state index contributed by atoms with van der Waals surface area (Å²) in [5.41, 5.74) is 10.9. The predicted molar refractivity (Wildman–Crippen MR) is 222 cm³/mol. The minimum absolute atomic E-state index is 1.17. The number of fused-ring (bicyclic) bond motifs is 12. The van der Waals surface area contributed by atoms with Gasteiger partial charge in [-0.05, 0) is 66.7 Å². The third-order valence-electron chi connectivity index (χ3n) is 11.0. The Hall–Kier alpha value is -6.62. The van der Waals surface area contributed by atoms with Crippen molar-refractivity contribution in [3.8, 4) is 17.1 Å². The van der Waals surface area contributed by atoms with Gasteiger partial charge in [0.2, 0.25) is 0 Å². The third-order valence-corrected chi connectivity index (χ3v) is 12.2. The van der Waals surface area contributed by atoms with Gasteiger partial charge in [-0.25, -0.2) is 0 Å². The quantitative estimate of drug-likeness (QED) is 0.177.